The van der Waals surface area contributed by atoms with Crippen LogP contribution in [0, 0.1) is 0 Å². The van der Waals surface area contributed by atoms with Crippen molar-refractivity contribution in [3.05, 3.63) is 10.6 Å². The van der Waals surface area contributed by atoms with E-state index in [1.807, 2.05) is 11.9 Å². The van der Waals surface area contributed by atoms with Gasteiger partial charge in [-0.3, -0.25) is 4.79 Å². The van der Waals surface area contributed by atoms with E-state index in [1.165, 1.54) is 18.3 Å². The average Bonchev–Trinajstić information content (AvgIpc) is 2.81. The number of ether oxygens (including phenoxy) is 2. The Balaban J connectivity index is 3.00. The highest BCUT2D eigenvalue weighted by Crippen LogP contribution is 2.26. The Hall–Kier alpha value is -1.47. The Morgan fingerprint density at radius 3 is 2.63 bits per heavy atom. The number of likely N-dealkylation sites (N-methyl/N-ethyl adjacent to an activating group) is 1. The van der Waals surface area contributed by atoms with Gasteiger partial charge in [-0.25, -0.2) is 9.78 Å². The molecule has 6 nitrogen and oxygen atoms in total. The summed E-state index contributed by atoms with van der Waals surface area (Å²) in [5.74, 6) is -0.748. The summed E-state index contributed by atoms with van der Waals surface area (Å²) in [5.41, 5.74) is 0.0959. The van der Waals surface area contributed by atoms with E-state index in [9.17, 15) is 9.59 Å². The minimum absolute atomic E-state index is 0.0959. The van der Waals surface area contributed by atoms with Crippen LogP contribution in [0.15, 0.2) is 0 Å². The normalized spacial score (nSPS) is 10.3. The highest BCUT2D eigenvalue weighted by molar-refractivity contribution is 7.17. The number of rotatable bonds is 7. The van der Waals surface area contributed by atoms with Crippen LogP contribution in [0.1, 0.15) is 34.0 Å². The first-order valence-corrected chi connectivity index (χ1v) is 6.71. The molecule has 0 aromatic carbocycles. The Bertz CT molecular complexity index is 459. The van der Waals surface area contributed by atoms with Crippen LogP contribution in [-0.4, -0.2) is 50.7 Å². The number of Topliss-reactive ketones (excluding diaryl/α,β-unsaturated/α-hetero) is 1. The molecule has 7 heteroatoms. The molecule has 0 aliphatic carbocycles. The largest absolute Gasteiger partial charge is 0.461 e. The van der Waals surface area contributed by atoms with Crippen molar-refractivity contribution in [1.82, 2.24) is 4.98 Å². The summed E-state index contributed by atoms with van der Waals surface area (Å²) >= 11 is 1.19. The number of esters is 1. The van der Waals surface area contributed by atoms with Crippen molar-refractivity contribution in [1.29, 1.82) is 0 Å². The Kier molecular flexibility index (Phi) is 5.91. The molecule has 0 unspecified atom stereocenters. The number of thiazole rings is 1. The summed E-state index contributed by atoms with van der Waals surface area (Å²) in [6, 6.07) is 0. The monoisotopic (exact) mass is 286 g/mol. The minimum Gasteiger partial charge on any atom is -0.461 e. The van der Waals surface area contributed by atoms with Crippen molar-refractivity contribution in [3.8, 4) is 0 Å². The fourth-order valence-electron chi connectivity index (χ4n) is 1.37. The number of carbonyl (C=O) groups excluding carboxylic acids is 2. The molecule has 0 radical (unpaired) electrons. The van der Waals surface area contributed by atoms with E-state index in [0.717, 1.165) is 0 Å². The maximum atomic E-state index is 11.7. The van der Waals surface area contributed by atoms with E-state index < -0.39 is 5.97 Å². The Morgan fingerprint density at radius 2 is 2.11 bits per heavy atom. The van der Waals surface area contributed by atoms with Crippen molar-refractivity contribution in [3.63, 3.8) is 0 Å². The summed E-state index contributed by atoms with van der Waals surface area (Å²) < 4.78 is 9.88. The lowest BCUT2D eigenvalue weighted by Gasteiger charge is -2.14. The van der Waals surface area contributed by atoms with Crippen LogP contribution in [0.25, 0.3) is 0 Å². The van der Waals surface area contributed by atoms with Gasteiger partial charge in [0.1, 0.15) is 4.88 Å². The van der Waals surface area contributed by atoms with Gasteiger partial charge in [0.05, 0.1) is 13.2 Å². The smallest absolute Gasteiger partial charge is 0.358 e. The number of ketones is 1. The summed E-state index contributed by atoms with van der Waals surface area (Å²) in [6.45, 7) is 4.55. The fraction of sp³-hybridized carbons (Fsp3) is 0.583. The molecule has 0 atom stereocenters. The predicted molar refractivity (Wildman–Crippen MR) is 73.2 cm³/mol. The topological polar surface area (TPSA) is 68.7 Å². The maximum Gasteiger partial charge on any atom is 0.358 e. The number of nitrogens with zero attached hydrogens (tertiary/aromatic N) is 2. The number of anilines is 1. The van der Waals surface area contributed by atoms with Crippen molar-refractivity contribution in [2.45, 2.75) is 13.8 Å². The van der Waals surface area contributed by atoms with E-state index in [1.54, 1.807) is 14.0 Å². The van der Waals surface area contributed by atoms with Crippen LogP contribution >= 0.6 is 11.3 Å². The summed E-state index contributed by atoms with van der Waals surface area (Å²) in [5, 5.41) is 0.602. The quantitative estimate of drug-likeness (QED) is 0.560. The fourth-order valence-corrected chi connectivity index (χ4v) is 2.31. The molecular formula is C12H18N2O4S. The highest BCUT2D eigenvalue weighted by Gasteiger charge is 2.23. The molecule has 0 aliphatic rings. The molecule has 106 valence electrons. The van der Waals surface area contributed by atoms with E-state index >= 15 is 0 Å². The molecule has 19 heavy (non-hydrogen) atoms. The molecular weight excluding hydrogens is 268 g/mol. The number of methoxy groups -OCH3 is 1. The zero-order valence-electron chi connectivity index (χ0n) is 11.6. The van der Waals surface area contributed by atoms with Gasteiger partial charge in [-0.15, -0.1) is 0 Å². The second kappa shape index (κ2) is 7.20. The van der Waals surface area contributed by atoms with Crippen molar-refractivity contribution >= 4 is 28.2 Å². The molecule has 1 aromatic heterocycles. The molecule has 1 aromatic rings. The van der Waals surface area contributed by atoms with Gasteiger partial charge < -0.3 is 14.4 Å². The molecule has 0 spiro atoms. The van der Waals surface area contributed by atoms with Gasteiger partial charge in [-0.1, -0.05) is 11.3 Å². The van der Waals surface area contributed by atoms with Gasteiger partial charge >= 0.3 is 5.97 Å². The van der Waals surface area contributed by atoms with Gasteiger partial charge in [0.15, 0.2) is 16.6 Å². The summed E-state index contributed by atoms with van der Waals surface area (Å²) in [7, 11) is 3.44. The van der Waals surface area contributed by atoms with Crippen LogP contribution in [0.5, 0.6) is 0 Å². The standard InChI is InChI=1S/C12H18N2O4S/c1-5-18-11(16)9-10(8(2)15)19-12(13-9)14(3)6-7-17-4/h5-7H2,1-4H3. The minimum atomic E-state index is -0.560. The van der Waals surface area contributed by atoms with Crippen LogP contribution in [0.4, 0.5) is 5.13 Å². The average molecular weight is 286 g/mol. The van der Waals surface area contributed by atoms with Gasteiger partial charge in [-0.05, 0) is 6.92 Å². The van der Waals surface area contributed by atoms with E-state index in [-0.39, 0.29) is 18.1 Å². The number of hydrogen-bond donors (Lipinski definition) is 0. The Morgan fingerprint density at radius 1 is 1.42 bits per heavy atom. The third-order valence-electron chi connectivity index (χ3n) is 2.36. The van der Waals surface area contributed by atoms with Gasteiger partial charge in [-0.2, -0.15) is 0 Å². The van der Waals surface area contributed by atoms with Crippen LogP contribution in [-0.2, 0) is 9.47 Å². The van der Waals surface area contributed by atoms with Crippen molar-refractivity contribution < 1.29 is 19.1 Å². The van der Waals surface area contributed by atoms with Gasteiger partial charge in [0, 0.05) is 27.6 Å². The van der Waals surface area contributed by atoms with E-state index in [0.29, 0.717) is 23.2 Å². The van der Waals surface area contributed by atoms with Crippen molar-refractivity contribution in [2.75, 3.05) is 38.8 Å². The first-order chi connectivity index (χ1) is 9.01. The Labute approximate surface area is 116 Å². The number of aromatic nitrogens is 1. The summed E-state index contributed by atoms with van der Waals surface area (Å²) in [4.78, 5) is 29.7. The highest BCUT2D eigenvalue weighted by atomic mass is 32.1. The van der Waals surface area contributed by atoms with Crippen molar-refractivity contribution in [2.24, 2.45) is 0 Å². The lowest BCUT2D eigenvalue weighted by molar-refractivity contribution is 0.0517. The maximum absolute atomic E-state index is 11.7. The van der Waals surface area contributed by atoms with Crippen LogP contribution < -0.4 is 4.90 Å². The molecule has 0 fully saturated rings. The summed E-state index contributed by atoms with van der Waals surface area (Å²) in [6.07, 6.45) is 0. The molecule has 0 bridgehead atoms. The number of hydrogen-bond acceptors (Lipinski definition) is 7. The van der Waals surface area contributed by atoms with Gasteiger partial charge in [0.2, 0.25) is 0 Å². The zero-order valence-corrected chi connectivity index (χ0v) is 12.4. The van der Waals surface area contributed by atoms with Crippen LogP contribution in [0.3, 0.4) is 0 Å². The van der Waals surface area contributed by atoms with E-state index in [2.05, 4.69) is 4.98 Å². The lowest BCUT2D eigenvalue weighted by Crippen LogP contribution is -2.22. The molecule has 0 saturated heterocycles. The zero-order chi connectivity index (χ0) is 14.4. The molecule has 0 aliphatic heterocycles. The molecule has 1 rings (SSSR count). The first kappa shape index (κ1) is 15.6. The SMILES string of the molecule is CCOC(=O)c1nc(N(C)CCOC)sc1C(C)=O. The molecule has 0 saturated carbocycles. The second-order valence-electron chi connectivity index (χ2n) is 3.87. The predicted octanol–water partition coefficient (Wildman–Crippen LogP) is 1.60. The third-order valence-corrected chi connectivity index (χ3v) is 3.63. The molecule has 0 amide bonds. The van der Waals surface area contributed by atoms with E-state index in [4.69, 9.17) is 9.47 Å². The molecule has 1 heterocycles. The van der Waals surface area contributed by atoms with Crippen LogP contribution in [0.2, 0.25) is 0 Å². The molecule has 0 N–H and O–H groups in total. The lowest BCUT2D eigenvalue weighted by atomic mass is 10.3. The van der Waals surface area contributed by atoms with Gasteiger partial charge in [0.25, 0.3) is 0 Å². The second-order valence-corrected chi connectivity index (χ2v) is 4.84. The number of carbonyl (C=O) groups is 2. The third kappa shape index (κ3) is 4.00. The first-order valence-electron chi connectivity index (χ1n) is 5.90.